The van der Waals surface area contributed by atoms with E-state index in [9.17, 15) is 0 Å². The molecule has 2 aliphatic rings. The normalized spacial score (nSPS) is 12.0. The highest BCUT2D eigenvalue weighted by Crippen LogP contribution is 2.41. The van der Waals surface area contributed by atoms with Gasteiger partial charge in [-0.3, -0.25) is 0 Å². The van der Waals surface area contributed by atoms with Gasteiger partial charge in [-0.25, -0.2) is 9.97 Å². The molecule has 2 N–H and O–H groups in total. The summed E-state index contributed by atoms with van der Waals surface area (Å²) in [5.41, 5.74) is 18.7. The molecule has 0 radical (unpaired) electrons. The fourth-order valence-corrected chi connectivity index (χ4v) is 14.0. The van der Waals surface area contributed by atoms with Crippen LogP contribution < -0.4 is 18.9 Å². The molecule has 11 heteroatoms. The van der Waals surface area contributed by atoms with Gasteiger partial charge in [0.2, 0.25) is 0 Å². The predicted molar refractivity (Wildman–Crippen MR) is 424 cm³/mol. The average Bonchev–Trinajstić information content (AvgIpc) is 1.56. The third-order valence-corrected chi connectivity index (χ3v) is 19.1. The predicted octanol–water partition coefficient (Wildman–Crippen LogP) is 23.9. The average molecular weight is 1350 g/mol. The maximum Gasteiger partial charge on any atom is 0.136 e. The lowest BCUT2D eigenvalue weighted by atomic mass is 10.0. The number of aromatic nitrogens is 4. The van der Waals surface area contributed by atoms with Crippen molar-refractivity contribution in [2.45, 2.75) is 195 Å². The number of nitrogens with zero attached hydrogens (tertiary/aromatic N) is 5. The Balaban J connectivity index is 1.09. The van der Waals surface area contributed by atoms with E-state index in [4.69, 9.17) is 28.9 Å². The summed E-state index contributed by atoms with van der Waals surface area (Å²) in [4.78, 5) is 26.0. The van der Waals surface area contributed by atoms with Crippen molar-refractivity contribution in [1.29, 1.82) is 0 Å². The Kier molecular flexibility index (Phi) is 29.1. The van der Waals surface area contributed by atoms with Crippen molar-refractivity contribution in [3.8, 4) is 73.3 Å². The van der Waals surface area contributed by atoms with Crippen LogP contribution in [0.25, 0.3) is 90.9 Å². The monoisotopic (exact) mass is 1350 g/mol. The third-order valence-electron chi connectivity index (χ3n) is 19.1. The van der Waals surface area contributed by atoms with E-state index in [1.807, 2.05) is 0 Å². The number of nitrogens with one attached hydrogen (secondary N) is 2. The first-order chi connectivity index (χ1) is 48.9. The van der Waals surface area contributed by atoms with Crippen molar-refractivity contribution >= 4 is 46.4 Å². The Bertz CT molecular complexity index is 3950. The van der Waals surface area contributed by atoms with Gasteiger partial charge in [0.05, 0.1) is 42.6 Å². The molecule has 0 atom stereocenters. The number of rotatable bonds is 42. The first-order valence-corrected chi connectivity index (χ1v) is 38.2. The number of H-pyrrole nitrogens is 2. The molecule has 0 amide bonds. The second-order valence-electron chi connectivity index (χ2n) is 28.6. The van der Waals surface area contributed by atoms with Crippen molar-refractivity contribution in [3.63, 3.8) is 0 Å². The molecule has 5 aromatic carbocycles. The number of hydrogen-bond donors (Lipinski definition) is 2. The molecule has 10 rings (SSSR count). The van der Waals surface area contributed by atoms with E-state index >= 15 is 0 Å². The van der Waals surface area contributed by atoms with Crippen LogP contribution in [0.15, 0.2) is 133 Å². The van der Waals surface area contributed by atoms with Crippen LogP contribution in [-0.2, 0) is 19.6 Å². The number of aromatic amines is 2. The van der Waals surface area contributed by atoms with Gasteiger partial charge in [-0.05, 0) is 199 Å². The summed E-state index contributed by atoms with van der Waals surface area (Å²) in [5.74, 6) is 4.27. The standard InChI is InChI=1S/C89H115N7O4/c1-10-13-16-19-22-25-28-31-58-97-73-42-34-67(35-43-73)85-77-50-52-79(90-77)86(68-36-44-74(45-37-68)98-59-32-29-26-23-20-17-14-11-2)81-54-56-83(92-81)88(70-40-48-76(49-41-70)100-89-71(64-95(6)7)61-66(63-94(4)5)62-72(89)65-96(8)9)84-57-55-82(93-84)87(80-53-51-78(85)91-80)69-38-46-75(47-39-69)99-60-33-30-27-24-21-18-15-12-3/h34-57,61-62,90,93H,10-33,58-60,63-65H2,1-9H3. The van der Waals surface area contributed by atoms with E-state index < -0.39 is 0 Å². The lowest BCUT2D eigenvalue weighted by molar-refractivity contribution is 0.304. The van der Waals surface area contributed by atoms with Gasteiger partial charge in [-0.15, -0.1) is 0 Å². The number of unbranched alkanes of at least 4 members (excludes halogenated alkanes) is 21. The lowest BCUT2D eigenvalue weighted by Gasteiger charge is -2.22. The summed E-state index contributed by atoms with van der Waals surface area (Å²) in [6.45, 7) is 11.3. The zero-order chi connectivity index (χ0) is 69.8. The van der Waals surface area contributed by atoms with Gasteiger partial charge in [0, 0.05) is 75.1 Å². The molecule has 11 nitrogen and oxygen atoms in total. The lowest BCUT2D eigenvalue weighted by Crippen LogP contribution is -2.17. The van der Waals surface area contributed by atoms with E-state index in [0.29, 0.717) is 19.8 Å². The van der Waals surface area contributed by atoms with Crippen LogP contribution in [0.5, 0.6) is 28.7 Å². The first-order valence-electron chi connectivity index (χ1n) is 38.2. The number of ether oxygens (including phenoxy) is 4. The molecule has 3 aromatic heterocycles. The molecule has 5 heterocycles. The molecule has 0 saturated carbocycles. The summed E-state index contributed by atoms with van der Waals surface area (Å²) in [6, 6.07) is 47.8. The zero-order valence-electron chi connectivity index (χ0n) is 62.1. The van der Waals surface area contributed by atoms with Gasteiger partial charge < -0.3 is 43.6 Å². The molecule has 100 heavy (non-hydrogen) atoms. The highest BCUT2D eigenvalue weighted by atomic mass is 16.5. The first kappa shape index (κ1) is 74.5. The highest BCUT2D eigenvalue weighted by Gasteiger charge is 2.22. The number of hydrogen-bond acceptors (Lipinski definition) is 9. The van der Waals surface area contributed by atoms with Crippen LogP contribution >= 0.6 is 0 Å². The molecule has 0 spiro atoms. The molecule has 0 aliphatic carbocycles. The molecule has 8 bridgehead atoms. The van der Waals surface area contributed by atoms with Crippen LogP contribution in [0.3, 0.4) is 0 Å². The minimum Gasteiger partial charge on any atom is -0.494 e. The Morgan fingerprint density at radius 3 is 0.830 bits per heavy atom. The van der Waals surface area contributed by atoms with Gasteiger partial charge in [-0.2, -0.15) is 0 Å². The van der Waals surface area contributed by atoms with Crippen molar-refractivity contribution in [2.75, 3.05) is 62.1 Å². The van der Waals surface area contributed by atoms with E-state index in [-0.39, 0.29) is 0 Å². The topological polar surface area (TPSA) is 104 Å². The van der Waals surface area contributed by atoms with Crippen LogP contribution in [0.4, 0.5) is 0 Å². The molecule has 2 aliphatic heterocycles. The molecule has 0 saturated heterocycles. The third kappa shape index (κ3) is 21.7. The molecule has 0 fully saturated rings. The van der Waals surface area contributed by atoms with E-state index in [2.05, 4.69) is 245 Å². The van der Waals surface area contributed by atoms with Gasteiger partial charge in [0.1, 0.15) is 28.7 Å². The van der Waals surface area contributed by atoms with Gasteiger partial charge in [0.15, 0.2) is 0 Å². The fourth-order valence-electron chi connectivity index (χ4n) is 14.0. The Morgan fingerprint density at radius 1 is 0.300 bits per heavy atom. The minimum atomic E-state index is 0.701. The molecule has 530 valence electrons. The summed E-state index contributed by atoms with van der Waals surface area (Å²) in [6.07, 6.45) is 38.9. The smallest absolute Gasteiger partial charge is 0.136 e. The van der Waals surface area contributed by atoms with Crippen LogP contribution in [0, 0.1) is 0 Å². The SMILES string of the molecule is CCCCCCCCCCOc1ccc(-c2c3nc(c(-c4ccc(OCCCCCCCCCC)cc4)c4ccc([nH]4)c(-c4ccc(Oc5c(CN(C)C)cc(CN(C)C)cc5CN(C)C)cc4)c4nc(c(-c5ccc(OCCCCCCCCCC)cc5)c5ccc2[nH]5)C=C4)C=C3)cc1. The molecular formula is C89H115N7O4. The van der Waals surface area contributed by atoms with Crippen molar-refractivity contribution in [2.24, 2.45) is 0 Å². The second kappa shape index (κ2) is 39.1. The summed E-state index contributed by atoms with van der Waals surface area (Å²) < 4.78 is 26.3. The van der Waals surface area contributed by atoms with Crippen LogP contribution in [0.1, 0.15) is 214 Å². The quantitative estimate of drug-likeness (QED) is 0.0362. The van der Waals surface area contributed by atoms with Gasteiger partial charge in [-0.1, -0.05) is 204 Å². The Labute approximate surface area is 599 Å². The van der Waals surface area contributed by atoms with Crippen molar-refractivity contribution in [3.05, 3.63) is 173 Å². The highest BCUT2D eigenvalue weighted by molar-refractivity contribution is 6.00. The van der Waals surface area contributed by atoms with Crippen LogP contribution in [0.2, 0.25) is 0 Å². The maximum absolute atomic E-state index is 7.07. The fraction of sp³-hybridized carbons (Fsp3) is 0.438. The minimum absolute atomic E-state index is 0.701. The van der Waals surface area contributed by atoms with Crippen molar-refractivity contribution in [1.82, 2.24) is 34.6 Å². The molecular weight excluding hydrogens is 1230 g/mol. The summed E-state index contributed by atoms with van der Waals surface area (Å²) in [5, 5.41) is 0. The Hall–Kier alpha value is -8.22. The van der Waals surface area contributed by atoms with Gasteiger partial charge in [0.25, 0.3) is 0 Å². The molecule has 8 aromatic rings. The zero-order valence-corrected chi connectivity index (χ0v) is 62.1. The number of benzene rings is 5. The van der Waals surface area contributed by atoms with Crippen molar-refractivity contribution < 1.29 is 18.9 Å². The largest absolute Gasteiger partial charge is 0.494 e. The molecule has 0 unspecified atom stereocenters. The second-order valence-corrected chi connectivity index (χ2v) is 28.6. The van der Waals surface area contributed by atoms with E-state index in [1.54, 1.807) is 0 Å². The van der Waals surface area contributed by atoms with E-state index in [1.165, 1.54) is 140 Å². The summed E-state index contributed by atoms with van der Waals surface area (Å²) in [7, 11) is 12.7. The van der Waals surface area contributed by atoms with Gasteiger partial charge >= 0.3 is 0 Å². The number of fused-ring (bicyclic) bond motifs is 8. The Morgan fingerprint density at radius 2 is 0.560 bits per heavy atom. The summed E-state index contributed by atoms with van der Waals surface area (Å²) >= 11 is 0. The van der Waals surface area contributed by atoms with Crippen LogP contribution in [-0.4, -0.2) is 96.7 Å². The maximum atomic E-state index is 7.07. The van der Waals surface area contributed by atoms with E-state index in [0.717, 1.165) is 168 Å².